The summed E-state index contributed by atoms with van der Waals surface area (Å²) in [6, 6.07) is 9.96. The van der Waals surface area contributed by atoms with Crippen molar-refractivity contribution in [2.24, 2.45) is 0 Å². The van der Waals surface area contributed by atoms with Gasteiger partial charge in [-0.05, 0) is 35.4 Å². The third kappa shape index (κ3) is 7.29. The first-order valence-electron chi connectivity index (χ1n) is 11.2. The standard InChI is InChI=1S/C23H24N8O4S4/c1-23(2,11-3-5-13(15(32)7-11)26-17(34)9-36-21-30-28-19(24)38-21)12-4-6-14(16(33)8-12)27-18(35)10-37-22-31-29-20(25)39-22/h3-8,32-33H,9-10H2,1-2H3,(H2,24,28)(H2,25,29)(H,26,34)(H,27,35). The Labute approximate surface area is 239 Å². The quantitative estimate of drug-likeness (QED) is 0.113. The average molecular weight is 605 g/mol. The zero-order valence-electron chi connectivity index (χ0n) is 20.7. The number of phenols is 2. The Hall–Kier alpha value is -3.60. The minimum atomic E-state index is -0.624. The summed E-state index contributed by atoms with van der Waals surface area (Å²) in [7, 11) is 0. The molecular weight excluding hydrogens is 581 g/mol. The van der Waals surface area contributed by atoms with E-state index in [-0.39, 0.29) is 46.2 Å². The summed E-state index contributed by atoms with van der Waals surface area (Å²) in [6.07, 6.45) is 0. The van der Waals surface area contributed by atoms with Gasteiger partial charge in [0.05, 0.1) is 22.9 Å². The molecule has 39 heavy (non-hydrogen) atoms. The van der Waals surface area contributed by atoms with E-state index < -0.39 is 5.41 Å². The zero-order valence-corrected chi connectivity index (χ0v) is 23.9. The fraction of sp³-hybridized carbons (Fsp3) is 0.217. The molecule has 0 spiro atoms. The number of nitrogens with one attached hydrogen (secondary N) is 2. The first-order valence-corrected chi connectivity index (χ1v) is 14.8. The van der Waals surface area contributed by atoms with Gasteiger partial charge in [0.1, 0.15) is 11.5 Å². The van der Waals surface area contributed by atoms with Gasteiger partial charge in [-0.2, -0.15) is 0 Å². The molecule has 2 heterocycles. The van der Waals surface area contributed by atoms with Gasteiger partial charge in [-0.3, -0.25) is 9.59 Å². The number of aromatic hydroxyl groups is 2. The number of nitrogen functional groups attached to an aromatic ring is 2. The molecule has 204 valence electrons. The lowest BCUT2D eigenvalue weighted by Crippen LogP contribution is -2.20. The van der Waals surface area contributed by atoms with Crippen molar-refractivity contribution in [1.29, 1.82) is 0 Å². The highest BCUT2D eigenvalue weighted by molar-refractivity contribution is 8.02. The molecule has 4 aromatic rings. The van der Waals surface area contributed by atoms with Crippen molar-refractivity contribution in [3.05, 3.63) is 47.5 Å². The predicted molar refractivity (Wildman–Crippen MR) is 156 cm³/mol. The van der Waals surface area contributed by atoms with Crippen LogP contribution in [0.3, 0.4) is 0 Å². The number of carbonyl (C=O) groups is 2. The van der Waals surface area contributed by atoms with E-state index in [1.54, 1.807) is 36.4 Å². The number of aromatic nitrogens is 4. The van der Waals surface area contributed by atoms with Crippen LogP contribution in [0, 0.1) is 0 Å². The van der Waals surface area contributed by atoms with Gasteiger partial charge >= 0.3 is 0 Å². The van der Waals surface area contributed by atoms with E-state index in [1.807, 2.05) is 13.8 Å². The number of carbonyl (C=O) groups excluding carboxylic acids is 2. The van der Waals surface area contributed by atoms with E-state index in [1.165, 1.54) is 46.2 Å². The SMILES string of the molecule is CC(C)(c1ccc(NC(=O)CSc2nnc(N)s2)c(O)c1)c1ccc(NC(=O)CSc2nnc(N)s2)c(O)c1. The van der Waals surface area contributed by atoms with Gasteiger partial charge in [-0.15, -0.1) is 20.4 Å². The number of nitrogens with zero attached hydrogens (tertiary/aromatic N) is 4. The molecule has 0 aliphatic heterocycles. The van der Waals surface area contributed by atoms with Crippen LogP contribution in [0.5, 0.6) is 11.5 Å². The molecule has 2 amide bonds. The molecule has 0 aliphatic rings. The Balaban J connectivity index is 1.38. The average Bonchev–Trinajstić information content (AvgIpc) is 3.51. The van der Waals surface area contributed by atoms with Gasteiger partial charge in [0.15, 0.2) is 8.68 Å². The molecule has 0 bridgehead atoms. The largest absolute Gasteiger partial charge is 0.506 e. The van der Waals surface area contributed by atoms with Crippen molar-refractivity contribution in [3.63, 3.8) is 0 Å². The number of thioether (sulfide) groups is 2. The van der Waals surface area contributed by atoms with Crippen LogP contribution < -0.4 is 22.1 Å². The molecule has 0 fully saturated rings. The number of hydrogen-bond acceptors (Lipinski definition) is 14. The van der Waals surface area contributed by atoms with E-state index in [2.05, 4.69) is 31.0 Å². The summed E-state index contributed by atoms with van der Waals surface area (Å²) in [5.41, 5.74) is 12.5. The Bertz CT molecular complexity index is 1400. The molecule has 2 aromatic heterocycles. The molecular formula is C23H24N8O4S4. The van der Waals surface area contributed by atoms with E-state index in [0.717, 1.165) is 11.1 Å². The lowest BCUT2D eigenvalue weighted by molar-refractivity contribution is -0.114. The molecule has 12 nitrogen and oxygen atoms in total. The van der Waals surface area contributed by atoms with Gasteiger partial charge in [0.25, 0.3) is 0 Å². The van der Waals surface area contributed by atoms with Crippen LogP contribution in [0.4, 0.5) is 21.6 Å². The second-order valence-corrected chi connectivity index (χ2v) is 13.0. The first kappa shape index (κ1) is 28.4. The van der Waals surface area contributed by atoms with E-state index in [4.69, 9.17) is 11.5 Å². The number of hydrogen-bond donors (Lipinski definition) is 6. The number of phenolic OH excluding ortho intramolecular Hbond substituents is 2. The lowest BCUT2D eigenvalue weighted by Gasteiger charge is -2.27. The van der Waals surface area contributed by atoms with Crippen molar-refractivity contribution in [3.8, 4) is 11.5 Å². The minimum absolute atomic E-state index is 0.0823. The van der Waals surface area contributed by atoms with Crippen LogP contribution in [-0.4, -0.2) is 53.9 Å². The number of amides is 2. The molecule has 0 aliphatic carbocycles. The van der Waals surface area contributed by atoms with Crippen LogP contribution >= 0.6 is 46.2 Å². The summed E-state index contributed by atoms with van der Waals surface area (Å²) in [5.74, 6) is -0.657. The van der Waals surface area contributed by atoms with Crippen molar-refractivity contribution < 1.29 is 19.8 Å². The zero-order chi connectivity index (χ0) is 28.2. The molecule has 0 unspecified atom stereocenters. The maximum absolute atomic E-state index is 12.3. The molecule has 16 heteroatoms. The van der Waals surface area contributed by atoms with Gasteiger partial charge in [-0.1, -0.05) is 72.2 Å². The maximum atomic E-state index is 12.3. The molecule has 0 saturated carbocycles. The smallest absolute Gasteiger partial charge is 0.234 e. The van der Waals surface area contributed by atoms with Gasteiger partial charge < -0.3 is 32.3 Å². The first-order chi connectivity index (χ1) is 18.5. The highest BCUT2D eigenvalue weighted by atomic mass is 32.2. The number of benzene rings is 2. The van der Waals surface area contributed by atoms with Crippen LogP contribution in [0.1, 0.15) is 25.0 Å². The summed E-state index contributed by atoms with van der Waals surface area (Å²) in [5, 5.41) is 42.3. The van der Waals surface area contributed by atoms with Gasteiger partial charge in [0, 0.05) is 5.41 Å². The van der Waals surface area contributed by atoms with Crippen LogP contribution in [-0.2, 0) is 15.0 Å². The number of rotatable bonds is 10. The normalized spacial score (nSPS) is 11.3. The Kier molecular flexibility index (Phi) is 8.79. The van der Waals surface area contributed by atoms with E-state index in [0.29, 0.717) is 18.9 Å². The molecule has 0 atom stereocenters. The maximum Gasteiger partial charge on any atom is 0.234 e. The molecule has 4 rings (SSSR count). The highest BCUT2D eigenvalue weighted by Crippen LogP contribution is 2.38. The number of anilines is 4. The van der Waals surface area contributed by atoms with Crippen molar-refractivity contribution in [1.82, 2.24) is 20.4 Å². The third-order valence-corrected chi connectivity index (χ3v) is 9.26. The number of nitrogens with two attached hydrogens (primary N) is 2. The highest BCUT2D eigenvalue weighted by Gasteiger charge is 2.26. The Morgan fingerprint density at radius 1 is 0.795 bits per heavy atom. The van der Waals surface area contributed by atoms with Gasteiger partial charge in [-0.25, -0.2) is 0 Å². The third-order valence-electron chi connectivity index (χ3n) is 5.48. The van der Waals surface area contributed by atoms with E-state index in [9.17, 15) is 19.8 Å². The predicted octanol–water partition coefficient (Wildman–Crippen LogP) is 3.75. The van der Waals surface area contributed by atoms with Crippen molar-refractivity contribution in [2.75, 3.05) is 33.6 Å². The second-order valence-electron chi connectivity index (χ2n) is 8.57. The fourth-order valence-corrected chi connectivity index (χ4v) is 6.28. The van der Waals surface area contributed by atoms with Gasteiger partial charge in [0.2, 0.25) is 22.1 Å². The second kappa shape index (κ2) is 12.1. The summed E-state index contributed by atoms with van der Waals surface area (Å²) in [6.45, 7) is 3.86. The van der Waals surface area contributed by atoms with Crippen LogP contribution in [0.2, 0.25) is 0 Å². The van der Waals surface area contributed by atoms with Crippen molar-refractivity contribution in [2.45, 2.75) is 27.9 Å². The van der Waals surface area contributed by atoms with E-state index >= 15 is 0 Å². The fourth-order valence-electron chi connectivity index (χ4n) is 3.40. The lowest BCUT2D eigenvalue weighted by atomic mass is 9.78. The van der Waals surface area contributed by atoms with Crippen LogP contribution in [0.15, 0.2) is 45.1 Å². The Morgan fingerprint density at radius 3 is 1.54 bits per heavy atom. The summed E-state index contributed by atoms with van der Waals surface area (Å²) >= 11 is 4.78. The van der Waals surface area contributed by atoms with Crippen molar-refractivity contribution >= 4 is 79.6 Å². The molecule has 0 saturated heterocycles. The molecule has 8 N–H and O–H groups in total. The summed E-state index contributed by atoms with van der Waals surface area (Å²) < 4.78 is 1.16. The molecule has 0 radical (unpaired) electrons. The van der Waals surface area contributed by atoms with Crippen LogP contribution in [0.25, 0.3) is 0 Å². The monoisotopic (exact) mass is 604 g/mol. The minimum Gasteiger partial charge on any atom is -0.506 e. The molecule has 2 aromatic carbocycles. The summed E-state index contributed by atoms with van der Waals surface area (Å²) in [4.78, 5) is 24.6. The Morgan fingerprint density at radius 2 is 1.21 bits per heavy atom. The topological polar surface area (TPSA) is 202 Å².